The third-order valence-corrected chi connectivity index (χ3v) is 7.48. The molecule has 7 nitrogen and oxygen atoms in total. The summed E-state index contributed by atoms with van der Waals surface area (Å²) in [7, 11) is 3.87. The predicted octanol–water partition coefficient (Wildman–Crippen LogP) is 5.08. The smallest absolute Gasteiger partial charge is 0.268 e. The van der Waals surface area contributed by atoms with E-state index < -0.39 is 35.7 Å². The zero-order valence-electron chi connectivity index (χ0n) is 19.3. The maximum Gasteiger partial charge on any atom is 0.268 e. The van der Waals surface area contributed by atoms with Crippen molar-refractivity contribution in [3.05, 3.63) is 92.4 Å². The Bertz CT molecular complexity index is 1380. The Morgan fingerprint density at radius 2 is 1.69 bits per heavy atom. The number of benzene rings is 3. The monoisotopic (exact) mass is 586 g/mol. The summed E-state index contributed by atoms with van der Waals surface area (Å²) in [5, 5.41) is 1.84. The van der Waals surface area contributed by atoms with Crippen LogP contribution in [0.1, 0.15) is 22.0 Å². The fourth-order valence-corrected chi connectivity index (χ4v) is 5.58. The molecule has 0 radical (unpaired) electrons. The van der Waals surface area contributed by atoms with Crippen LogP contribution in [0.3, 0.4) is 0 Å². The first-order valence-electron chi connectivity index (χ1n) is 11.1. The molecule has 3 amide bonds. The number of hydrazine groups is 1. The number of hydrogen-bond donors (Lipinski definition) is 1. The third kappa shape index (κ3) is 4.18. The Hall–Kier alpha value is -2.91. The number of fused-ring (bicyclic) bond motifs is 1. The molecule has 184 valence electrons. The fourth-order valence-electron chi connectivity index (χ4n) is 4.69. The molecule has 1 N–H and O–H groups in total. The van der Waals surface area contributed by atoms with Gasteiger partial charge in [0.25, 0.3) is 11.8 Å². The minimum absolute atomic E-state index is 0.175. The maximum absolute atomic E-state index is 13.8. The molecule has 2 aliphatic rings. The van der Waals surface area contributed by atoms with Crippen LogP contribution in [0.5, 0.6) is 0 Å². The number of hydrogen-bond acceptors (Lipinski definition) is 5. The molecule has 0 spiro atoms. The normalized spacial score (nSPS) is 21.2. The molecule has 0 aliphatic carbocycles. The molecule has 5 rings (SSSR count). The quantitative estimate of drug-likeness (QED) is 0.431. The molecule has 0 aromatic heterocycles. The lowest BCUT2D eigenvalue weighted by atomic mass is 9.90. The molecular weight excluding hydrogens is 567 g/mol. The number of rotatable bonds is 4. The van der Waals surface area contributed by atoms with E-state index in [9.17, 15) is 14.4 Å². The van der Waals surface area contributed by atoms with Gasteiger partial charge in [-0.05, 0) is 54.1 Å². The van der Waals surface area contributed by atoms with Crippen LogP contribution in [-0.2, 0) is 9.59 Å². The van der Waals surface area contributed by atoms with E-state index in [0.29, 0.717) is 10.6 Å². The van der Waals surface area contributed by atoms with E-state index in [1.165, 1.54) is 17.1 Å². The minimum Gasteiger partial charge on any atom is -0.378 e. The summed E-state index contributed by atoms with van der Waals surface area (Å²) in [6.45, 7) is 0. The Balaban J connectivity index is 1.58. The van der Waals surface area contributed by atoms with E-state index in [4.69, 9.17) is 23.2 Å². The topological polar surface area (TPSA) is 73.0 Å². The summed E-state index contributed by atoms with van der Waals surface area (Å²) in [5.74, 6) is -2.22. The summed E-state index contributed by atoms with van der Waals surface area (Å²) in [6, 6.07) is 17.5. The van der Waals surface area contributed by atoms with Crippen LogP contribution < -0.4 is 15.2 Å². The lowest BCUT2D eigenvalue weighted by Crippen LogP contribution is -2.48. The highest BCUT2D eigenvalue weighted by Crippen LogP contribution is 2.44. The van der Waals surface area contributed by atoms with Crippen molar-refractivity contribution in [3.63, 3.8) is 0 Å². The molecule has 2 saturated heterocycles. The van der Waals surface area contributed by atoms with Crippen molar-refractivity contribution in [2.24, 2.45) is 5.92 Å². The van der Waals surface area contributed by atoms with E-state index in [-0.39, 0.29) is 10.7 Å². The number of imide groups is 1. The number of halogens is 3. The van der Waals surface area contributed by atoms with Gasteiger partial charge in [0.2, 0.25) is 5.91 Å². The van der Waals surface area contributed by atoms with Crippen molar-refractivity contribution < 1.29 is 14.4 Å². The molecule has 10 heteroatoms. The standard InChI is InChI=1S/C26H21BrCl2N4O3/c1-31(2)18-9-6-14(7-10-18)22-21-23(33(30-22)24(34)15-4-3-5-16(27)12-15)26(36)32(25(21)35)20-11-8-17(28)13-19(20)29/h3-13,21-23,30H,1-2H3/t21-,22+,23+/m1/s1. The van der Waals surface area contributed by atoms with Crippen LogP contribution in [0, 0.1) is 5.92 Å². The molecule has 2 heterocycles. The highest BCUT2D eigenvalue weighted by Gasteiger charge is 2.60. The van der Waals surface area contributed by atoms with Crippen LogP contribution in [0.25, 0.3) is 0 Å². The van der Waals surface area contributed by atoms with E-state index in [2.05, 4.69) is 21.4 Å². The molecule has 3 atom stereocenters. The van der Waals surface area contributed by atoms with Gasteiger partial charge in [-0.1, -0.05) is 57.3 Å². The van der Waals surface area contributed by atoms with E-state index in [1.807, 2.05) is 43.3 Å². The van der Waals surface area contributed by atoms with Crippen LogP contribution in [0.2, 0.25) is 10.0 Å². The summed E-state index contributed by atoms with van der Waals surface area (Å²) in [5.41, 5.74) is 5.55. The van der Waals surface area contributed by atoms with Crippen molar-refractivity contribution in [1.29, 1.82) is 0 Å². The second-order valence-corrected chi connectivity index (χ2v) is 10.6. The molecular formula is C26H21BrCl2N4O3. The summed E-state index contributed by atoms with van der Waals surface area (Å²) < 4.78 is 0.725. The van der Waals surface area contributed by atoms with Gasteiger partial charge in [-0.15, -0.1) is 0 Å². The summed E-state index contributed by atoms with van der Waals surface area (Å²) in [6.07, 6.45) is 0. The van der Waals surface area contributed by atoms with Gasteiger partial charge in [-0.3, -0.25) is 19.4 Å². The number of nitrogens with one attached hydrogen (secondary N) is 1. The lowest BCUT2D eigenvalue weighted by Gasteiger charge is -2.25. The van der Waals surface area contributed by atoms with Gasteiger partial charge in [0, 0.05) is 34.8 Å². The second-order valence-electron chi connectivity index (χ2n) is 8.86. The second kappa shape index (κ2) is 9.52. The highest BCUT2D eigenvalue weighted by molar-refractivity contribution is 9.10. The number of amides is 3. The van der Waals surface area contributed by atoms with E-state index in [0.717, 1.165) is 20.6 Å². The maximum atomic E-state index is 13.8. The average molecular weight is 588 g/mol. The number of anilines is 2. The summed E-state index contributed by atoms with van der Waals surface area (Å²) >= 11 is 15.8. The van der Waals surface area contributed by atoms with Crippen molar-refractivity contribution in [3.8, 4) is 0 Å². The van der Waals surface area contributed by atoms with Crippen molar-refractivity contribution in [1.82, 2.24) is 10.4 Å². The molecule has 2 aliphatic heterocycles. The van der Waals surface area contributed by atoms with Crippen molar-refractivity contribution >= 4 is 68.2 Å². The van der Waals surface area contributed by atoms with Gasteiger partial charge < -0.3 is 4.90 Å². The molecule has 3 aromatic carbocycles. The first kappa shape index (κ1) is 24.8. The highest BCUT2D eigenvalue weighted by atomic mass is 79.9. The van der Waals surface area contributed by atoms with Gasteiger partial charge in [0.15, 0.2) is 0 Å². The van der Waals surface area contributed by atoms with Crippen LogP contribution in [0.4, 0.5) is 11.4 Å². The number of carbonyl (C=O) groups is 3. The summed E-state index contributed by atoms with van der Waals surface area (Å²) in [4.78, 5) is 44.1. The van der Waals surface area contributed by atoms with Gasteiger partial charge in [0.1, 0.15) is 6.04 Å². The average Bonchev–Trinajstić information content (AvgIpc) is 3.36. The van der Waals surface area contributed by atoms with Gasteiger partial charge in [0.05, 0.1) is 22.7 Å². The van der Waals surface area contributed by atoms with Crippen LogP contribution in [0.15, 0.2) is 71.2 Å². The zero-order valence-corrected chi connectivity index (χ0v) is 22.4. The third-order valence-electron chi connectivity index (χ3n) is 6.44. The molecule has 0 unspecified atom stereocenters. The lowest BCUT2D eigenvalue weighted by molar-refractivity contribution is -0.123. The molecule has 3 aromatic rings. The van der Waals surface area contributed by atoms with E-state index in [1.54, 1.807) is 30.3 Å². The van der Waals surface area contributed by atoms with Crippen LogP contribution in [-0.4, -0.2) is 42.9 Å². The van der Waals surface area contributed by atoms with Crippen LogP contribution >= 0.6 is 39.1 Å². The fraction of sp³-hybridized carbons (Fsp3) is 0.192. The Labute approximate surface area is 226 Å². The zero-order chi connectivity index (χ0) is 25.7. The Kier molecular flexibility index (Phi) is 6.55. The van der Waals surface area contributed by atoms with Crippen molar-refractivity contribution in [2.75, 3.05) is 23.9 Å². The Morgan fingerprint density at radius 1 is 0.972 bits per heavy atom. The molecule has 36 heavy (non-hydrogen) atoms. The molecule has 0 saturated carbocycles. The van der Waals surface area contributed by atoms with E-state index >= 15 is 0 Å². The number of nitrogens with zero attached hydrogens (tertiary/aromatic N) is 3. The SMILES string of the molecule is CN(C)c1ccc([C@@H]2NN(C(=O)c3cccc(Br)c3)[C@@H]3C(=O)N(c4ccc(Cl)cc4Cl)C(=O)[C@@H]32)cc1. The predicted molar refractivity (Wildman–Crippen MR) is 143 cm³/mol. The first-order valence-corrected chi connectivity index (χ1v) is 12.7. The van der Waals surface area contributed by atoms with Gasteiger partial charge >= 0.3 is 0 Å². The number of carbonyl (C=O) groups excluding carboxylic acids is 3. The van der Waals surface area contributed by atoms with Crippen molar-refractivity contribution in [2.45, 2.75) is 12.1 Å². The Morgan fingerprint density at radius 3 is 2.33 bits per heavy atom. The molecule has 0 bridgehead atoms. The van der Waals surface area contributed by atoms with Gasteiger partial charge in [-0.25, -0.2) is 10.3 Å². The first-order chi connectivity index (χ1) is 17.2. The largest absolute Gasteiger partial charge is 0.378 e. The minimum atomic E-state index is -1.05. The van der Waals surface area contributed by atoms with Gasteiger partial charge in [-0.2, -0.15) is 0 Å². The molecule has 2 fully saturated rings.